The van der Waals surface area contributed by atoms with Crippen molar-refractivity contribution in [1.29, 1.82) is 0 Å². The average Bonchev–Trinajstić information content (AvgIpc) is 3.24. The Morgan fingerprint density at radius 3 is 2.64 bits per heavy atom. The van der Waals surface area contributed by atoms with Crippen molar-refractivity contribution in [2.45, 2.75) is 19.9 Å². The molecular formula is C22H20N4O6S. The Balaban J connectivity index is 1.51. The smallest absolute Gasteiger partial charge is 0.328 e. The fourth-order valence-corrected chi connectivity index (χ4v) is 3.43. The van der Waals surface area contributed by atoms with E-state index in [-0.39, 0.29) is 11.3 Å². The minimum Gasteiger partial charge on any atom is -0.454 e. The predicted octanol–water partition coefficient (Wildman–Crippen LogP) is 3.33. The van der Waals surface area contributed by atoms with E-state index in [1.54, 1.807) is 18.2 Å². The second-order valence-electron chi connectivity index (χ2n) is 6.99. The van der Waals surface area contributed by atoms with Gasteiger partial charge in [-0.1, -0.05) is 18.2 Å². The number of esters is 1. The fraction of sp³-hybridized carbons (Fsp3) is 0.182. The van der Waals surface area contributed by atoms with Crippen LogP contribution in [0.25, 0.3) is 11.3 Å². The van der Waals surface area contributed by atoms with Crippen LogP contribution in [0.2, 0.25) is 0 Å². The van der Waals surface area contributed by atoms with Crippen LogP contribution in [0.4, 0.5) is 11.4 Å². The number of nitro groups is 1. The molecule has 0 spiro atoms. The van der Waals surface area contributed by atoms with E-state index in [4.69, 9.17) is 4.74 Å². The van der Waals surface area contributed by atoms with Gasteiger partial charge in [0.1, 0.15) is 6.04 Å². The van der Waals surface area contributed by atoms with Gasteiger partial charge in [0.2, 0.25) is 0 Å². The normalized spacial score (nSPS) is 11.3. The number of carbonyl (C=O) groups is 3. The van der Waals surface area contributed by atoms with Crippen molar-refractivity contribution in [2.24, 2.45) is 0 Å². The number of carbonyl (C=O) groups excluding carboxylic acids is 3. The highest BCUT2D eigenvalue weighted by Gasteiger charge is 2.20. The second kappa shape index (κ2) is 10.5. The number of benzene rings is 2. The van der Waals surface area contributed by atoms with E-state index in [9.17, 15) is 24.5 Å². The van der Waals surface area contributed by atoms with Crippen LogP contribution >= 0.6 is 11.3 Å². The number of thiazole rings is 1. The van der Waals surface area contributed by atoms with Crippen molar-refractivity contribution in [3.8, 4) is 11.3 Å². The van der Waals surface area contributed by atoms with Crippen LogP contribution in [0.1, 0.15) is 22.3 Å². The number of aromatic nitrogens is 1. The van der Waals surface area contributed by atoms with E-state index in [2.05, 4.69) is 15.6 Å². The van der Waals surface area contributed by atoms with Crippen LogP contribution in [-0.4, -0.2) is 40.3 Å². The van der Waals surface area contributed by atoms with Crippen molar-refractivity contribution in [3.63, 3.8) is 0 Å². The molecule has 0 saturated heterocycles. The number of rotatable bonds is 8. The molecular weight excluding hydrogens is 448 g/mol. The standard InChI is InChI=1S/C22H20N4O6S/c1-13(23-21(28)16-6-4-8-18(10-16)26(30)31)22(29)32-11-20(27)25-17-7-3-5-15(9-17)19-12-33-14(2)24-19/h3-10,12-13H,11H2,1-2H3,(H,23,28)(H,25,27)/t13-/m0/s1. The molecule has 0 bridgehead atoms. The summed E-state index contributed by atoms with van der Waals surface area (Å²) in [5.41, 5.74) is 1.94. The molecule has 0 aliphatic heterocycles. The Kier molecular flexibility index (Phi) is 7.46. The first-order valence-electron chi connectivity index (χ1n) is 9.77. The van der Waals surface area contributed by atoms with Gasteiger partial charge in [0.25, 0.3) is 17.5 Å². The number of amides is 2. The topological polar surface area (TPSA) is 141 Å². The summed E-state index contributed by atoms with van der Waals surface area (Å²) >= 11 is 1.52. The largest absolute Gasteiger partial charge is 0.454 e. The van der Waals surface area contributed by atoms with E-state index in [0.717, 1.165) is 22.3 Å². The van der Waals surface area contributed by atoms with Crippen LogP contribution in [0, 0.1) is 17.0 Å². The lowest BCUT2D eigenvalue weighted by Crippen LogP contribution is -2.40. The fourth-order valence-electron chi connectivity index (χ4n) is 2.81. The first-order chi connectivity index (χ1) is 15.7. The van der Waals surface area contributed by atoms with Crippen LogP contribution < -0.4 is 10.6 Å². The second-order valence-corrected chi connectivity index (χ2v) is 8.05. The maximum atomic E-state index is 12.2. The van der Waals surface area contributed by atoms with Crippen LogP contribution in [0.5, 0.6) is 0 Å². The predicted molar refractivity (Wildman–Crippen MR) is 122 cm³/mol. The Bertz CT molecular complexity index is 1210. The van der Waals surface area contributed by atoms with Gasteiger partial charge in [0.05, 0.1) is 15.6 Å². The molecule has 0 radical (unpaired) electrons. The third-order valence-electron chi connectivity index (χ3n) is 4.43. The molecule has 1 heterocycles. The molecule has 2 amide bonds. The van der Waals surface area contributed by atoms with Gasteiger partial charge in [-0.2, -0.15) is 0 Å². The van der Waals surface area contributed by atoms with Crippen LogP contribution in [0.3, 0.4) is 0 Å². The molecule has 33 heavy (non-hydrogen) atoms. The van der Waals surface area contributed by atoms with Gasteiger partial charge in [-0.3, -0.25) is 19.7 Å². The van der Waals surface area contributed by atoms with Gasteiger partial charge in [-0.15, -0.1) is 11.3 Å². The summed E-state index contributed by atoms with van der Waals surface area (Å²) in [6, 6.07) is 11.1. The van der Waals surface area contributed by atoms with E-state index < -0.39 is 35.4 Å². The summed E-state index contributed by atoms with van der Waals surface area (Å²) in [5, 5.41) is 18.7. The molecule has 3 rings (SSSR count). The number of hydrogen-bond donors (Lipinski definition) is 2. The number of nitrogens with one attached hydrogen (secondary N) is 2. The zero-order valence-corrected chi connectivity index (χ0v) is 18.5. The molecule has 0 aliphatic carbocycles. The molecule has 0 aliphatic rings. The Hall–Kier alpha value is -4.12. The minimum atomic E-state index is -1.07. The Morgan fingerprint density at radius 2 is 1.94 bits per heavy atom. The van der Waals surface area contributed by atoms with Gasteiger partial charge in [-0.25, -0.2) is 9.78 Å². The number of nitrogens with zero attached hydrogens (tertiary/aromatic N) is 2. The summed E-state index contributed by atoms with van der Waals surface area (Å²) < 4.78 is 4.97. The lowest BCUT2D eigenvalue weighted by molar-refractivity contribution is -0.384. The van der Waals surface area contributed by atoms with E-state index in [1.165, 1.54) is 36.5 Å². The molecule has 170 valence electrons. The molecule has 2 aromatic carbocycles. The maximum absolute atomic E-state index is 12.2. The third kappa shape index (κ3) is 6.43. The molecule has 0 saturated carbocycles. The van der Waals surface area contributed by atoms with Crippen molar-refractivity contribution >= 4 is 40.5 Å². The summed E-state index contributed by atoms with van der Waals surface area (Å²) in [4.78, 5) is 51.2. The molecule has 1 aromatic heterocycles. The first-order valence-corrected chi connectivity index (χ1v) is 10.7. The number of aryl methyl sites for hydroxylation is 1. The molecule has 10 nitrogen and oxygen atoms in total. The first kappa shape index (κ1) is 23.5. The quantitative estimate of drug-likeness (QED) is 0.293. The Morgan fingerprint density at radius 1 is 1.18 bits per heavy atom. The zero-order chi connectivity index (χ0) is 24.0. The van der Waals surface area contributed by atoms with Crippen molar-refractivity contribution < 1.29 is 24.0 Å². The monoisotopic (exact) mass is 468 g/mol. The highest BCUT2D eigenvalue weighted by molar-refractivity contribution is 7.09. The molecule has 3 aromatic rings. The number of non-ortho nitro benzene ring substituents is 1. The minimum absolute atomic E-state index is 0.0248. The molecule has 1 atom stereocenters. The number of ether oxygens (including phenoxy) is 1. The molecule has 2 N–H and O–H groups in total. The number of nitro benzene ring substituents is 1. The summed E-state index contributed by atoms with van der Waals surface area (Å²) in [7, 11) is 0. The number of anilines is 1. The van der Waals surface area contributed by atoms with Crippen LogP contribution in [0.15, 0.2) is 53.9 Å². The van der Waals surface area contributed by atoms with E-state index >= 15 is 0 Å². The van der Waals surface area contributed by atoms with Crippen LogP contribution in [-0.2, 0) is 14.3 Å². The summed E-state index contributed by atoms with van der Waals surface area (Å²) in [6.45, 7) is 2.74. The van der Waals surface area contributed by atoms with E-state index in [1.807, 2.05) is 18.4 Å². The lowest BCUT2D eigenvalue weighted by atomic mass is 10.1. The number of hydrogen-bond acceptors (Lipinski definition) is 8. The third-order valence-corrected chi connectivity index (χ3v) is 5.20. The highest BCUT2D eigenvalue weighted by Crippen LogP contribution is 2.24. The summed E-state index contributed by atoms with van der Waals surface area (Å²) in [5.74, 6) is -2.05. The zero-order valence-electron chi connectivity index (χ0n) is 17.7. The van der Waals surface area contributed by atoms with Gasteiger partial charge in [0, 0.05) is 34.3 Å². The van der Waals surface area contributed by atoms with Crippen molar-refractivity contribution in [3.05, 3.63) is 74.6 Å². The molecule has 11 heteroatoms. The van der Waals surface area contributed by atoms with Crippen molar-refractivity contribution in [1.82, 2.24) is 10.3 Å². The SMILES string of the molecule is Cc1nc(-c2cccc(NC(=O)COC(=O)[C@H](C)NC(=O)c3cccc([N+](=O)[O-])c3)c2)cs1. The van der Waals surface area contributed by atoms with E-state index in [0.29, 0.717) is 5.69 Å². The Labute approximate surface area is 192 Å². The molecule has 0 fully saturated rings. The summed E-state index contributed by atoms with van der Waals surface area (Å²) in [6.07, 6.45) is 0. The maximum Gasteiger partial charge on any atom is 0.328 e. The average molecular weight is 468 g/mol. The van der Waals surface area contributed by atoms with Crippen molar-refractivity contribution in [2.75, 3.05) is 11.9 Å². The molecule has 0 unspecified atom stereocenters. The van der Waals surface area contributed by atoms with Gasteiger partial charge >= 0.3 is 5.97 Å². The lowest BCUT2D eigenvalue weighted by Gasteiger charge is -2.13. The van der Waals surface area contributed by atoms with Gasteiger partial charge in [-0.05, 0) is 32.0 Å². The highest BCUT2D eigenvalue weighted by atomic mass is 32.1. The van der Waals surface area contributed by atoms with Gasteiger partial charge in [0.15, 0.2) is 6.61 Å². The van der Waals surface area contributed by atoms with Gasteiger partial charge < -0.3 is 15.4 Å².